The van der Waals surface area contributed by atoms with Crippen LogP contribution in [0.1, 0.15) is 28.3 Å². The van der Waals surface area contributed by atoms with E-state index >= 15 is 0 Å². The Morgan fingerprint density at radius 1 is 1.38 bits per heavy atom. The van der Waals surface area contributed by atoms with Crippen molar-refractivity contribution in [2.24, 2.45) is 0 Å². The van der Waals surface area contributed by atoms with Crippen LogP contribution in [0, 0.1) is 5.82 Å². The van der Waals surface area contributed by atoms with E-state index in [0.29, 0.717) is 25.1 Å². The standard InChI is InChI=1S/C18H18FNO4/c19-15-3-1-2-12(6-15)14-7-18(24-10-14)11-20(8-16(18)21)17(22)13-4-5-23-9-13/h1-6,9,14,16,21H,7-8,10-11H2/t14-,16-,18-/m1/s1. The molecule has 1 aromatic carbocycles. The number of ether oxygens (including phenoxy) is 1. The minimum atomic E-state index is -0.781. The monoisotopic (exact) mass is 331 g/mol. The number of hydrogen-bond donors (Lipinski definition) is 1. The Kier molecular flexibility index (Phi) is 3.66. The number of carbonyl (C=O) groups excluding carboxylic acids is 1. The lowest BCUT2D eigenvalue weighted by atomic mass is 9.87. The summed E-state index contributed by atoms with van der Waals surface area (Å²) in [7, 11) is 0. The van der Waals surface area contributed by atoms with Gasteiger partial charge in [-0.3, -0.25) is 4.79 Å². The number of hydrogen-bond acceptors (Lipinski definition) is 4. The van der Waals surface area contributed by atoms with E-state index in [4.69, 9.17) is 9.15 Å². The van der Waals surface area contributed by atoms with E-state index in [1.807, 2.05) is 6.07 Å². The minimum absolute atomic E-state index is 0.0133. The molecule has 0 saturated carbocycles. The average molecular weight is 331 g/mol. The second-order valence-corrected chi connectivity index (χ2v) is 6.55. The predicted octanol–water partition coefficient (Wildman–Crippen LogP) is 2.18. The van der Waals surface area contributed by atoms with Crippen LogP contribution in [-0.4, -0.2) is 47.3 Å². The molecule has 3 heterocycles. The molecular formula is C18H18FNO4. The largest absolute Gasteiger partial charge is 0.472 e. The van der Waals surface area contributed by atoms with Crippen LogP contribution in [-0.2, 0) is 4.74 Å². The van der Waals surface area contributed by atoms with E-state index in [0.717, 1.165) is 5.56 Å². The highest BCUT2D eigenvalue weighted by molar-refractivity contribution is 5.94. The first-order valence-electron chi connectivity index (χ1n) is 7.96. The zero-order valence-corrected chi connectivity index (χ0v) is 13.0. The Morgan fingerprint density at radius 3 is 3.00 bits per heavy atom. The number of likely N-dealkylation sites (tertiary alicyclic amines) is 1. The van der Waals surface area contributed by atoms with Crippen molar-refractivity contribution in [2.45, 2.75) is 24.0 Å². The molecule has 126 valence electrons. The molecule has 4 rings (SSSR count). The molecule has 1 amide bonds. The van der Waals surface area contributed by atoms with Crippen LogP contribution in [0.4, 0.5) is 4.39 Å². The second-order valence-electron chi connectivity index (χ2n) is 6.55. The lowest BCUT2D eigenvalue weighted by Crippen LogP contribution is -2.41. The van der Waals surface area contributed by atoms with Gasteiger partial charge in [-0.2, -0.15) is 0 Å². The van der Waals surface area contributed by atoms with Crippen molar-refractivity contribution < 1.29 is 23.4 Å². The number of benzene rings is 1. The maximum Gasteiger partial charge on any atom is 0.257 e. The van der Waals surface area contributed by atoms with E-state index in [2.05, 4.69) is 0 Å². The summed E-state index contributed by atoms with van der Waals surface area (Å²) < 4.78 is 24.3. The molecular weight excluding hydrogens is 313 g/mol. The number of furan rings is 1. The number of nitrogens with zero attached hydrogens (tertiary/aromatic N) is 1. The molecule has 2 aliphatic heterocycles. The van der Waals surface area contributed by atoms with Crippen LogP contribution in [0.25, 0.3) is 0 Å². The summed E-state index contributed by atoms with van der Waals surface area (Å²) in [4.78, 5) is 14.0. The summed E-state index contributed by atoms with van der Waals surface area (Å²) >= 11 is 0. The predicted molar refractivity (Wildman–Crippen MR) is 83.1 cm³/mol. The third kappa shape index (κ3) is 2.52. The Morgan fingerprint density at radius 2 is 2.25 bits per heavy atom. The molecule has 0 unspecified atom stereocenters. The van der Waals surface area contributed by atoms with Crippen LogP contribution in [0.5, 0.6) is 0 Å². The van der Waals surface area contributed by atoms with Crippen LogP contribution < -0.4 is 0 Å². The lowest BCUT2D eigenvalue weighted by Gasteiger charge is -2.25. The fourth-order valence-electron chi connectivity index (χ4n) is 3.71. The van der Waals surface area contributed by atoms with E-state index in [1.165, 1.54) is 24.7 Å². The van der Waals surface area contributed by atoms with Crippen molar-refractivity contribution in [3.05, 3.63) is 59.8 Å². The number of rotatable bonds is 2. The number of halogens is 1. The van der Waals surface area contributed by atoms with Crippen molar-refractivity contribution >= 4 is 5.91 Å². The quantitative estimate of drug-likeness (QED) is 0.916. The Bertz CT molecular complexity index is 747. The summed E-state index contributed by atoms with van der Waals surface area (Å²) in [5.41, 5.74) is 0.536. The molecule has 6 heteroatoms. The molecule has 2 fully saturated rings. The number of β-amino-alcohol motifs (C(OH)–C–C–N with tert-alkyl or cyclic N) is 1. The van der Waals surface area contributed by atoms with Gasteiger partial charge in [-0.25, -0.2) is 4.39 Å². The number of aliphatic hydroxyl groups is 1. The number of carbonyl (C=O) groups is 1. The van der Waals surface area contributed by atoms with Gasteiger partial charge in [0.1, 0.15) is 23.8 Å². The van der Waals surface area contributed by atoms with Gasteiger partial charge in [-0.05, 0) is 30.2 Å². The third-order valence-electron chi connectivity index (χ3n) is 5.00. The first kappa shape index (κ1) is 15.4. The average Bonchev–Trinajstić information content (AvgIpc) is 3.30. The van der Waals surface area contributed by atoms with Gasteiger partial charge < -0.3 is 19.2 Å². The van der Waals surface area contributed by atoms with Gasteiger partial charge in [0.15, 0.2) is 0 Å². The van der Waals surface area contributed by atoms with E-state index < -0.39 is 11.7 Å². The smallest absolute Gasteiger partial charge is 0.257 e. The second kappa shape index (κ2) is 5.72. The topological polar surface area (TPSA) is 62.9 Å². The van der Waals surface area contributed by atoms with Gasteiger partial charge in [0.05, 0.1) is 25.0 Å². The molecule has 1 aromatic heterocycles. The number of aliphatic hydroxyl groups excluding tert-OH is 1. The van der Waals surface area contributed by atoms with Crippen LogP contribution in [0.2, 0.25) is 0 Å². The Labute approximate surface area is 138 Å². The summed E-state index contributed by atoms with van der Waals surface area (Å²) in [6.07, 6.45) is 2.64. The first-order valence-corrected chi connectivity index (χ1v) is 7.96. The molecule has 0 aliphatic carbocycles. The van der Waals surface area contributed by atoms with Gasteiger partial charge in [-0.1, -0.05) is 12.1 Å². The maximum absolute atomic E-state index is 13.4. The van der Waals surface area contributed by atoms with Crippen molar-refractivity contribution in [3.8, 4) is 0 Å². The van der Waals surface area contributed by atoms with Crippen LogP contribution in [0.3, 0.4) is 0 Å². The highest BCUT2D eigenvalue weighted by Gasteiger charge is 2.53. The minimum Gasteiger partial charge on any atom is -0.472 e. The van der Waals surface area contributed by atoms with Crippen LogP contribution >= 0.6 is 0 Å². The molecule has 5 nitrogen and oxygen atoms in total. The van der Waals surface area contributed by atoms with Gasteiger partial charge in [-0.15, -0.1) is 0 Å². The zero-order chi connectivity index (χ0) is 16.7. The molecule has 3 atom stereocenters. The molecule has 2 saturated heterocycles. The highest BCUT2D eigenvalue weighted by Crippen LogP contribution is 2.42. The summed E-state index contributed by atoms with van der Waals surface area (Å²) in [6, 6.07) is 8.06. The fourth-order valence-corrected chi connectivity index (χ4v) is 3.71. The fraction of sp³-hybridized carbons (Fsp3) is 0.389. The van der Waals surface area contributed by atoms with Gasteiger partial charge in [0, 0.05) is 12.5 Å². The van der Waals surface area contributed by atoms with Gasteiger partial charge in [0.2, 0.25) is 0 Å². The lowest BCUT2D eigenvalue weighted by molar-refractivity contribution is -0.0591. The van der Waals surface area contributed by atoms with E-state index in [9.17, 15) is 14.3 Å². The summed E-state index contributed by atoms with van der Waals surface area (Å²) in [5.74, 6) is -0.450. The first-order chi connectivity index (χ1) is 11.6. The summed E-state index contributed by atoms with van der Waals surface area (Å²) in [6.45, 7) is 0.956. The SMILES string of the molecule is O=C(c1ccoc1)N1C[C@@H](O)[C@@]2(C[C@@H](c3cccc(F)c3)CO2)C1. The number of amides is 1. The molecule has 2 aromatic rings. The zero-order valence-electron chi connectivity index (χ0n) is 13.0. The normalized spacial score (nSPS) is 29.5. The summed E-state index contributed by atoms with van der Waals surface area (Å²) in [5, 5.41) is 10.5. The molecule has 0 radical (unpaired) electrons. The Hall–Kier alpha value is -2.18. The van der Waals surface area contributed by atoms with Crippen molar-refractivity contribution in [1.82, 2.24) is 4.90 Å². The van der Waals surface area contributed by atoms with Gasteiger partial charge in [0.25, 0.3) is 5.91 Å². The third-order valence-corrected chi connectivity index (χ3v) is 5.00. The van der Waals surface area contributed by atoms with E-state index in [1.54, 1.807) is 17.0 Å². The van der Waals surface area contributed by atoms with Crippen molar-refractivity contribution in [1.29, 1.82) is 0 Å². The molecule has 1 N–H and O–H groups in total. The molecule has 0 bridgehead atoms. The highest BCUT2D eigenvalue weighted by atomic mass is 19.1. The molecule has 2 aliphatic rings. The Balaban J connectivity index is 1.51. The van der Waals surface area contributed by atoms with Crippen molar-refractivity contribution in [3.63, 3.8) is 0 Å². The maximum atomic E-state index is 13.4. The molecule has 24 heavy (non-hydrogen) atoms. The van der Waals surface area contributed by atoms with Gasteiger partial charge >= 0.3 is 0 Å². The van der Waals surface area contributed by atoms with Crippen molar-refractivity contribution in [2.75, 3.05) is 19.7 Å². The molecule has 1 spiro atoms. The van der Waals surface area contributed by atoms with Crippen LogP contribution in [0.15, 0.2) is 47.3 Å². The van der Waals surface area contributed by atoms with E-state index in [-0.39, 0.29) is 24.2 Å².